The number of unbranched alkanes of at least 4 members (excludes halogenated alkanes) is 2. The second-order valence-electron chi connectivity index (χ2n) is 9.91. The van der Waals surface area contributed by atoms with Gasteiger partial charge in [0.1, 0.15) is 6.04 Å². The average molecular weight is 515 g/mol. The molecule has 0 radical (unpaired) electrons. The van der Waals surface area contributed by atoms with Crippen LogP contribution in [0, 0.1) is 5.92 Å². The minimum absolute atomic E-state index is 0.0856. The number of hydrogen-bond acceptors (Lipinski definition) is 6. The molecule has 1 aliphatic heterocycles. The topological polar surface area (TPSA) is 101 Å². The van der Waals surface area contributed by atoms with Crippen molar-refractivity contribution in [2.75, 3.05) is 12.4 Å². The van der Waals surface area contributed by atoms with Crippen LogP contribution in [0.1, 0.15) is 71.9 Å². The molecule has 8 nitrogen and oxygen atoms in total. The number of anilines is 1. The Kier molecular flexibility index (Phi) is 8.51. The fraction of sp³-hybridized carbons (Fsp3) is 0.367. The van der Waals surface area contributed by atoms with Gasteiger partial charge in [-0.1, -0.05) is 57.9 Å². The Morgan fingerprint density at radius 1 is 1.05 bits per heavy atom. The highest BCUT2D eigenvalue weighted by atomic mass is 16.5. The summed E-state index contributed by atoms with van der Waals surface area (Å²) in [5, 5.41) is 2.79. The molecular weight excluding hydrogens is 480 g/mol. The second kappa shape index (κ2) is 12.0. The summed E-state index contributed by atoms with van der Waals surface area (Å²) < 4.78 is 4.94. The first kappa shape index (κ1) is 27.0. The molecule has 3 aromatic rings. The molecule has 4 rings (SSSR count). The molecule has 2 aromatic carbocycles. The molecule has 0 fully saturated rings. The Hall–Kier alpha value is -4.07. The molecule has 1 aliphatic rings. The molecule has 2 heterocycles. The molecule has 0 saturated carbocycles. The number of methoxy groups -OCH3 is 1. The number of esters is 1. The van der Waals surface area contributed by atoms with E-state index in [1.54, 1.807) is 17.2 Å². The van der Waals surface area contributed by atoms with Gasteiger partial charge in [0.25, 0.3) is 11.8 Å². The quantitative estimate of drug-likeness (QED) is 0.292. The van der Waals surface area contributed by atoms with Gasteiger partial charge in [0.15, 0.2) is 5.82 Å². The number of carbonyl (C=O) groups excluding carboxylic acids is 3. The zero-order valence-corrected chi connectivity index (χ0v) is 22.4. The van der Waals surface area contributed by atoms with Crippen LogP contribution in [0.15, 0.2) is 54.9 Å². The summed E-state index contributed by atoms with van der Waals surface area (Å²) in [4.78, 5) is 48.5. The van der Waals surface area contributed by atoms with Crippen molar-refractivity contribution in [1.29, 1.82) is 0 Å². The largest absolute Gasteiger partial charge is 0.467 e. The number of benzene rings is 2. The first-order valence-electron chi connectivity index (χ1n) is 13.1. The minimum Gasteiger partial charge on any atom is -0.467 e. The van der Waals surface area contributed by atoms with Gasteiger partial charge in [0, 0.05) is 23.2 Å². The number of nitrogens with one attached hydrogen (secondary N) is 1. The number of aryl methyl sites for hydroxylation is 1. The monoisotopic (exact) mass is 514 g/mol. The number of amides is 2. The van der Waals surface area contributed by atoms with Gasteiger partial charge in [0.05, 0.1) is 25.2 Å². The third-order valence-electron chi connectivity index (χ3n) is 6.83. The van der Waals surface area contributed by atoms with E-state index in [1.165, 1.54) is 31.7 Å². The predicted octanol–water partition coefficient (Wildman–Crippen LogP) is 5.28. The smallest absolute Gasteiger partial charge is 0.328 e. The highest BCUT2D eigenvalue weighted by Gasteiger charge is 2.38. The predicted molar refractivity (Wildman–Crippen MR) is 146 cm³/mol. The van der Waals surface area contributed by atoms with E-state index in [0.29, 0.717) is 29.2 Å². The molecule has 0 aliphatic carbocycles. The van der Waals surface area contributed by atoms with Crippen LogP contribution < -0.4 is 5.32 Å². The van der Waals surface area contributed by atoms with Gasteiger partial charge in [0.2, 0.25) is 0 Å². The number of ether oxygens (including phenoxy) is 1. The maximum absolute atomic E-state index is 13.2. The number of aromatic nitrogens is 2. The van der Waals surface area contributed by atoms with Crippen LogP contribution in [0.25, 0.3) is 11.3 Å². The number of nitrogens with zero attached hydrogens (tertiary/aromatic N) is 3. The summed E-state index contributed by atoms with van der Waals surface area (Å²) in [7, 11) is 1.33. The summed E-state index contributed by atoms with van der Waals surface area (Å²) in [6.07, 6.45) is 7.60. The van der Waals surface area contributed by atoms with E-state index < -0.39 is 12.0 Å². The van der Waals surface area contributed by atoms with Crippen LogP contribution in [0.5, 0.6) is 0 Å². The maximum Gasteiger partial charge on any atom is 0.328 e. The number of hydrogen-bond donors (Lipinski definition) is 1. The number of carbonyl (C=O) groups is 3. The molecule has 8 heteroatoms. The van der Waals surface area contributed by atoms with E-state index in [0.717, 1.165) is 24.0 Å². The molecule has 0 bridgehead atoms. The molecular formula is C30H34N4O4. The van der Waals surface area contributed by atoms with Crippen molar-refractivity contribution in [2.24, 2.45) is 5.92 Å². The SMILES string of the molecule is CCCCCc1ccc(C(=O)Nc2cnc(-c3ccc4c(c3)C(=O)N([C@H](C(=O)OC)C(C)C)C4)cn2)cc1. The van der Waals surface area contributed by atoms with Gasteiger partial charge < -0.3 is 15.0 Å². The van der Waals surface area contributed by atoms with E-state index in [2.05, 4.69) is 22.2 Å². The fourth-order valence-corrected chi connectivity index (χ4v) is 4.72. The molecule has 1 aromatic heterocycles. The van der Waals surface area contributed by atoms with Gasteiger partial charge >= 0.3 is 5.97 Å². The third kappa shape index (κ3) is 5.90. The summed E-state index contributed by atoms with van der Waals surface area (Å²) in [6.45, 7) is 6.31. The van der Waals surface area contributed by atoms with E-state index >= 15 is 0 Å². The zero-order valence-electron chi connectivity index (χ0n) is 22.4. The highest BCUT2D eigenvalue weighted by Crippen LogP contribution is 2.31. The van der Waals surface area contributed by atoms with Gasteiger partial charge in [-0.05, 0) is 48.1 Å². The van der Waals surface area contributed by atoms with Crippen molar-refractivity contribution in [1.82, 2.24) is 14.9 Å². The molecule has 0 spiro atoms. The van der Waals surface area contributed by atoms with Crippen molar-refractivity contribution in [2.45, 2.75) is 59.0 Å². The average Bonchev–Trinajstić information content (AvgIpc) is 3.24. The summed E-state index contributed by atoms with van der Waals surface area (Å²) in [5.74, 6) is -0.628. The third-order valence-corrected chi connectivity index (χ3v) is 6.83. The van der Waals surface area contributed by atoms with E-state index in [9.17, 15) is 14.4 Å². The Morgan fingerprint density at radius 3 is 2.45 bits per heavy atom. The maximum atomic E-state index is 13.2. The second-order valence-corrected chi connectivity index (χ2v) is 9.91. The lowest BCUT2D eigenvalue weighted by Crippen LogP contribution is -2.45. The molecule has 1 atom stereocenters. The molecule has 198 valence electrons. The van der Waals surface area contributed by atoms with Crippen molar-refractivity contribution in [3.63, 3.8) is 0 Å². The van der Waals surface area contributed by atoms with Crippen molar-refractivity contribution >= 4 is 23.6 Å². The normalized spacial score (nSPS) is 13.4. The fourth-order valence-electron chi connectivity index (χ4n) is 4.72. The Labute approximate surface area is 223 Å². The first-order valence-corrected chi connectivity index (χ1v) is 13.1. The van der Waals surface area contributed by atoms with E-state index in [-0.39, 0.29) is 17.7 Å². The highest BCUT2D eigenvalue weighted by molar-refractivity contribution is 6.04. The number of rotatable bonds is 10. The molecule has 0 unspecified atom stereocenters. The minimum atomic E-state index is -0.650. The molecule has 0 saturated heterocycles. The van der Waals surface area contributed by atoms with Crippen molar-refractivity contribution in [3.8, 4) is 11.3 Å². The van der Waals surface area contributed by atoms with Gasteiger partial charge in [-0.2, -0.15) is 0 Å². The standard InChI is InChI=1S/C30H34N4O4/c1-5-6-7-8-20-9-11-21(12-10-20)28(35)33-26-17-31-25(16-32-26)22-13-14-23-18-34(29(36)24(23)15-22)27(19(2)3)30(37)38-4/h9-17,19,27H,5-8,18H2,1-4H3,(H,32,33,35)/t27-/m0/s1. The first-order chi connectivity index (χ1) is 18.3. The van der Waals surface area contributed by atoms with Gasteiger partial charge in [-0.15, -0.1) is 0 Å². The van der Waals surface area contributed by atoms with Crippen LogP contribution in [0.2, 0.25) is 0 Å². The number of fused-ring (bicyclic) bond motifs is 1. The lowest BCUT2D eigenvalue weighted by atomic mass is 10.0. The van der Waals surface area contributed by atoms with Gasteiger partial charge in [-0.25, -0.2) is 9.78 Å². The summed E-state index contributed by atoms with van der Waals surface area (Å²) >= 11 is 0. The Balaban J connectivity index is 1.43. The summed E-state index contributed by atoms with van der Waals surface area (Å²) in [6, 6.07) is 12.5. The van der Waals surface area contributed by atoms with Gasteiger partial charge in [-0.3, -0.25) is 14.6 Å². The Bertz CT molecular complexity index is 1300. The summed E-state index contributed by atoms with van der Waals surface area (Å²) in [5.41, 5.74) is 4.46. The van der Waals surface area contributed by atoms with Crippen LogP contribution in [-0.4, -0.2) is 45.8 Å². The van der Waals surface area contributed by atoms with E-state index in [4.69, 9.17) is 4.74 Å². The Morgan fingerprint density at radius 2 is 1.82 bits per heavy atom. The molecule has 38 heavy (non-hydrogen) atoms. The van der Waals surface area contributed by atoms with Crippen LogP contribution in [-0.2, 0) is 22.5 Å². The molecule has 1 N–H and O–H groups in total. The van der Waals surface area contributed by atoms with Crippen LogP contribution in [0.3, 0.4) is 0 Å². The lowest BCUT2D eigenvalue weighted by Gasteiger charge is -2.28. The van der Waals surface area contributed by atoms with Crippen LogP contribution >= 0.6 is 0 Å². The zero-order chi connectivity index (χ0) is 27.2. The van der Waals surface area contributed by atoms with Crippen molar-refractivity contribution in [3.05, 3.63) is 77.1 Å². The van der Waals surface area contributed by atoms with E-state index in [1.807, 2.05) is 50.2 Å². The lowest BCUT2D eigenvalue weighted by molar-refractivity contribution is -0.147. The molecule has 2 amide bonds. The van der Waals surface area contributed by atoms with Crippen molar-refractivity contribution < 1.29 is 19.1 Å². The van der Waals surface area contributed by atoms with Crippen LogP contribution in [0.4, 0.5) is 5.82 Å².